The predicted molar refractivity (Wildman–Crippen MR) is 71.8 cm³/mol. The van der Waals surface area contributed by atoms with Gasteiger partial charge in [-0.1, -0.05) is 50.1 Å². The summed E-state index contributed by atoms with van der Waals surface area (Å²) in [5, 5.41) is 9.65. The maximum atomic E-state index is 11.8. The molecular formula is C15H22O3. The summed E-state index contributed by atoms with van der Waals surface area (Å²) in [6.45, 7) is 4.73. The average Bonchev–Trinajstić information content (AvgIpc) is 2.40. The first-order chi connectivity index (χ1) is 8.67. The summed E-state index contributed by atoms with van der Waals surface area (Å²) in [7, 11) is 0. The van der Waals surface area contributed by atoms with Gasteiger partial charge in [0.2, 0.25) is 0 Å². The molecule has 1 N–H and O–H groups in total. The number of ether oxygens (including phenoxy) is 1. The molecule has 0 aliphatic heterocycles. The Bertz CT molecular complexity index is 351. The second-order valence-corrected chi connectivity index (χ2v) is 4.49. The third kappa shape index (κ3) is 3.33. The van der Waals surface area contributed by atoms with E-state index in [1.165, 1.54) is 0 Å². The largest absolute Gasteiger partial charge is 0.481 e. The number of aliphatic carboxylic acids is 1. The van der Waals surface area contributed by atoms with Crippen LogP contribution in [0.25, 0.3) is 0 Å². The second-order valence-electron chi connectivity index (χ2n) is 4.49. The third-order valence-corrected chi connectivity index (χ3v) is 3.25. The van der Waals surface area contributed by atoms with Crippen molar-refractivity contribution in [3.05, 3.63) is 35.9 Å². The van der Waals surface area contributed by atoms with Crippen molar-refractivity contribution in [2.75, 3.05) is 13.2 Å². The highest BCUT2D eigenvalue weighted by molar-refractivity contribution is 5.81. The van der Waals surface area contributed by atoms with E-state index in [2.05, 4.69) is 6.92 Å². The maximum Gasteiger partial charge on any atom is 0.316 e. The summed E-state index contributed by atoms with van der Waals surface area (Å²) in [5.41, 5.74) is -0.0767. The van der Waals surface area contributed by atoms with Crippen LogP contribution in [0.15, 0.2) is 30.3 Å². The third-order valence-electron chi connectivity index (χ3n) is 3.25. The minimum Gasteiger partial charge on any atom is -0.481 e. The summed E-state index contributed by atoms with van der Waals surface area (Å²) in [4.78, 5) is 11.8. The molecule has 0 aliphatic rings. The molecule has 0 aliphatic carbocycles. The highest BCUT2D eigenvalue weighted by atomic mass is 16.5. The predicted octanol–water partition coefficient (Wildman–Crippen LogP) is 3.24. The SMILES string of the molecule is CCCCC(COCC)(C(=O)O)c1ccccc1. The van der Waals surface area contributed by atoms with E-state index in [4.69, 9.17) is 4.74 Å². The number of hydrogen-bond acceptors (Lipinski definition) is 2. The quantitative estimate of drug-likeness (QED) is 0.770. The number of carboxylic acid groups (broad SMARTS) is 1. The molecule has 0 spiro atoms. The van der Waals surface area contributed by atoms with Crippen LogP contribution in [0.1, 0.15) is 38.7 Å². The van der Waals surface area contributed by atoms with Crippen molar-refractivity contribution in [2.24, 2.45) is 0 Å². The van der Waals surface area contributed by atoms with Crippen molar-refractivity contribution < 1.29 is 14.6 Å². The lowest BCUT2D eigenvalue weighted by molar-refractivity contribution is -0.147. The van der Waals surface area contributed by atoms with Gasteiger partial charge in [0.05, 0.1) is 6.61 Å². The van der Waals surface area contributed by atoms with Crippen molar-refractivity contribution in [1.82, 2.24) is 0 Å². The second kappa shape index (κ2) is 7.17. The van der Waals surface area contributed by atoms with Gasteiger partial charge in [-0.25, -0.2) is 0 Å². The topological polar surface area (TPSA) is 46.5 Å². The first-order valence-electron chi connectivity index (χ1n) is 6.54. The molecule has 0 bridgehead atoms. The Morgan fingerprint density at radius 1 is 1.28 bits per heavy atom. The molecule has 0 amide bonds. The number of carbonyl (C=O) groups is 1. The first-order valence-corrected chi connectivity index (χ1v) is 6.54. The fourth-order valence-corrected chi connectivity index (χ4v) is 2.10. The minimum absolute atomic E-state index is 0.239. The van der Waals surface area contributed by atoms with E-state index in [1.54, 1.807) is 0 Å². The summed E-state index contributed by atoms with van der Waals surface area (Å²) in [6.07, 6.45) is 2.48. The van der Waals surface area contributed by atoms with Crippen LogP contribution in [0.2, 0.25) is 0 Å². The maximum absolute atomic E-state index is 11.8. The minimum atomic E-state index is -0.909. The van der Waals surface area contributed by atoms with E-state index in [9.17, 15) is 9.90 Å². The van der Waals surface area contributed by atoms with Crippen LogP contribution in [0.4, 0.5) is 0 Å². The zero-order valence-corrected chi connectivity index (χ0v) is 11.2. The number of benzene rings is 1. The van der Waals surface area contributed by atoms with Crippen molar-refractivity contribution in [1.29, 1.82) is 0 Å². The van der Waals surface area contributed by atoms with Gasteiger partial charge < -0.3 is 9.84 Å². The van der Waals surface area contributed by atoms with E-state index < -0.39 is 11.4 Å². The molecule has 18 heavy (non-hydrogen) atoms. The van der Waals surface area contributed by atoms with Gasteiger partial charge in [-0.3, -0.25) is 4.79 Å². The highest BCUT2D eigenvalue weighted by Crippen LogP contribution is 2.31. The Labute approximate surface area is 109 Å². The lowest BCUT2D eigenvalue weighted by Gasteiger charge is -2.29. The molecule has 0 saturated carbocycles. The molecule has 1 unspecified atom stereocenters. The smallest absolute Gasteiger partial charge is 0.316 e. The van der Waals surface area contributed by atoms with Gasteiger partial charge in [-0.15, -0.1) is 0 Å². The van der Waals surface area contributed by atoms with E-state index in [-0.39, 0.29) is 6.61 Å². The van der Waals surface area contributed by atoms with Crippen LogP contribution in [0.5, 0.6) is 0 Å². The van der Waals surface area contributed by atoms with Crippen molar-refractivity contribution in [2.45, 2.75) is 38.5 Å². The molecule has 100 valence electrons. The van der Waals surface area contributed by atoms with Crippen LogP contribution in [0, 0.1) is 0 Å². The Hall–Kier alpha value is -1.35. The van der Waals surface area contributed by atoms with Crippen LogP contribution >= 0.6 is 0 Å². The Kier molecular flexibility index (Phi) is 5.86. The number of hydrogen-bond donors (Lipinski definition) is 1. The fourth-order valence-electron chi connectivity index (χ4n) is 2.10. The number of rotatable bonds is 8. The lowest BCUT2D eigenvalue weighted by atomic mass is 9.77. The number of unbranched alkanes of at least 4 members (excludes halogenated alkanes) is 1. The van der Waals surface area contributed by atoms with Crippen molar-refractivity contribution in [3.8, 4) is 0 Å². The van der Waals surface area contributed by atoms with Gasteiger partial charge >= 0.3 is 5.97 Å². The molecule has 0 saturated heterocycles. The molecule has 0 radical (unpaired) electrons. The first kappa shape index (κ1) is 14.7. The molecule has 0 fully saturated rings. The van der Waals surface area contributed by atoms with E-state index >= 15 is 0 Å². The molecule has 0 aromatic heterocycles. The molecule has 1 aromatic carbocycles. The van der Waals surface area contributed by atoms with E-state index in [0.717, 1.165) is 18.4 Å². The van der Waals surface area contributed by atoms with Crippen molar-refractivity contribution >= 4 is 5.97 Å². The highest BCUT2D eigenvalue weighted by Gasteiger charge is 2.39. The van der Waals surface area contributed by atoms with Crippen LogP contribution in [-0.2, 0) is 14.9 Å². The van der Waals surface area contributed by atoms with Gasteiger partial charge in [0.1, 0.15) is 5.41 Å². The molecule has 1 aromatic rings. The van der Waals surface area contributed by atoms with Gasteiger partial charge in [0.25, 0.3) is 0 Å². The van der Waals surface area contributed by atoms with Crippen molar-refractivity contribution in [3.63, 3.8) is 0 Å². The molecular weight excluding hydrogens is 228 g/mol. The zero-order chi connectivity index (χ0) is 13.4. The summed E-state index contributed by atoms with van der Waals surface area (Å²) in [6, 6.07) is 9.41. The molecule has 3 nitrogen and oxygen atoms in total. The Morgan fingerprint density at radius 2 is 1.94 bits per heavy atom. The Balaban J connectivity index is 3.07. The van der Waals surface area contributed by atoms with Gasteiger partial charge in [-0.2, -0.15) is 0 Å². The molecule has 3 heteroatoms. The van der Waals surface area contributed by atoms with Gasteiger partial charge in [0.15, 0.2) is 0 Å². The number of carboxylic acids is 1. The van der Waals surface area contributed by atoms with Crippen LogP contribution < -0.4 is 0 Å². The fraction of sp³-hybridized carbons (Fsp3) is 0.533. The summed E-state index contributed by atoms with van der Waals surface area (Å²) in [5.74, 6) is -0.796. The zero-order valence-electron chi connectivity index (χ0n) is 11.2. The summed E-state index contributed by atoms with van der Waals surface area (Å²) < 4.78 is 5.43. The Morgan fingerprint density at radius 3 is 2.44 bits per heavy atom. The lowest BCUT2D eigenvalue weighted by Crippen LogP contribution is -2.40. The van der Waals surface area contributed by atoms with Crippen LogP contribution in [-0.4, -0.2) is 24.3 Å². The van der Waals surface area contributed by atoms with Crippen LogP contribution in [0.3, 0.4) is 0 Å². The van der Waals surface area contributed by atoms with E-state index in [1.807, 2.05) is 37.3 Å². The normalized spacial score (nSPS) is 14.1. The molecule has 0 heterocycles. The average molecular weight is 250 g/mol. The van der Waals surface area contributed by atoms with Gasteiger partial charge in [0, 0.05) is 6.61 Å². The molecule has 1 atom stereocenters. The summed E-state index contributed by atoms with van der Waals surface area (Å²) >= 11 is 0. The molecule has 1 rings (SSSR count). The van der Waals surface area contributed by atoms with Gasteiger partial charge in [-0.05, 0) is 18.9 Å². The van der Waals surface area contributed by atoms with E-state index in [0.29, 0.717) is 13.0 Å². The standard InChI is InChI=1S/C15H22O3/c1-3-5-11-15(14(16)17,12-18-4-2)13-9-7-6-8-10-13/h6-10H,3-5,11-12H2,1-2H3,(H,16,17). The monoisotopic (exact) mass is 250 g/mol.